The second-order valence-corrected chi connectivity index (χ2v) is 7.43. The Morgan fingerprint density at radius 1 is 1.45 bits per heavy atom. The Hall–Kier alpha value is 0.0700. The van der Waals surface area contributed by atoms with Gasteiger partial charge in [0.2, 0.25) is 0 Å². The van der Waals surface area contributed by atoms with Crippen LogP contribution >= 0.6 is 35.0 Å². The molecule has 0 aromatic heterocycles. The third-order valence-corrected chi connectivity index (χ3v) is 6.02. The Bertz CT molecular complexity index is 442. The van der Waals surface area contributed by atoms with Crippen LogP contribution in [0, 0.1) is 0 Å². The van der Waals surface area contributed by atoms with Gasteiger partial charge in [-0.05, 0) is 24.5 Å². The lowest BCUT2D eigenvalue weighted by Crippen LogP contribution is -2.39. The van der Waals surface area contributed by atoms with Crippen LogP contribution in [0.25, 0.3) is 0 Å². The standard InChI is InChI=1S/C15H22Cl2N2S/c1-2-11-10-19(8-9-20-11)7-6-14(18)12-4-3-5-13(16)15(12)17/h3-5,11,14H,2,6-10,18H2,1H3. The largest absolute Gasteiger partial charge is 0.324 e. The smallest absolute Gasteiger partial charge is 0.0640 e. The molecule has 1 heterocycles. The van der Waals surface area contributed by atoms with Crippen LogP contribution in [0.5, 0.6) is 0 Å². The van der Waals surface area contributed by atoms with Gasteiger partial charge in [0.1, 0.15) is 0 Å². The Morgan fingerprint density at radius 2 is 2.25 bits per heavy atom. The molecule has 1 aliphatic heterocycles. The predicted octanol–water partition coefficient (Wildman–Crippen LogP) is 4.21. The number of hydrogen-bond donors (Lipinski definition) is 1. The van der Waals surface area contributed by atoms with Gasteiger partial charge in [0.25, 0.3) is 0 Å². The van der Waals surface area contributed by atoms with Crippen LogP contribution in [0.4, 0.5) is 0 Å². The summed E-state index contributed by atoms with van der Waals surface area (Å²) in [5, 5.41) is 1.96. The van der Waals surface area contributed by atoms with Crippen molar-refractivity contribution in [3.8, 4) is 0 Å². The molecule has 2 rings (SSSR count). The lowest BCUT2D eigenvalue weighted by molar-refractivity contribution is 0.270. The van der Waals surface area contributed by atoms with Crippen molar-refractivity contribution in [1.29, 1.82) is 0 Å². The number of nitrogens with two attached hydrogens (primary N) is 1. The van der Waals surface area contributed by atoms with Crippen LogP contribution < -0.4 is 5.73 Å². The fraction of sp³-hybridized carbons (Fsp3) is 0.600. The van der Waals surface area contributed by atoms with Crippen molar-refractivity contribution in [3.05, 3.63) is 33.8 Å². The van der Waals surface area contributed by atoms with E-state index in [2.05, 4.69) is 23.6 Å². The molecule has 0 radical (unpaired) electrons. The zero-order valence-corrected chi connectivity index (χ0v) is 14.1. The van der Waals surface area contributed by atoms with Gasteiger partial charge in [0.05, 0.1) is 10.0 Å². The number of halogens is 2. The van der Waals surface area contributed by atoms with Gasteiger partial charge in [0, 0.05) is 36.7 Å². The van der Waals surface area contributed by atoms with Crippen molar-refractivity contribution in [2.75, 3.05) is 25.4 Å². The van der Waals surface area contributed by atoms with Crippen LogP contribution in [0.1, 0.15) is 31.4 Å². The van der Waals surface area contributed by atoms with Gasteiger partial charge >= 0.3 is 0 Å². The van der Waals surface area contributed by atoms with E-state index in [-0.39, 0.29) is 6.04 Å². The summed E-state index contributed by atoms with van der Waals surface area (Å²) in [6.45, 7) is 5.63. The molecule has 0 spiro atoms. The molecule has 0 bridgehead atoms. The molecule has 2 atom stereocenters. The molecule has 112 valence electrons. The topological polar surface area (TPSA) is 29.3 Å². The van der Waals surface area contributed by atoms with E-state index in [4.69, 9.17) is 28.9 Å². The summed E-state index contributed by atoms with van der Waals surface area (Å²) in [6, 6.07) is 5.64. The van der Waals surface area contributed by atoms with E-state index in [1.807, 2.05) is 12.1 Å². The zero-order chi connectivity index (χ0) is 14.5. The maximum Gasteiger partial charge on any atom is 0.0640 e. The average Bonchev–Trinajstić information content (AvgIpc) is 2.48. The Morgan fingerprint density at radius 3 is 3.00 bits per heavy atom. The summed E-state index contributed by atoms with van der Waals surface area (Å²) in [5.74, 6) is 1.23. The molecular formula is C15H22Cl2N2S. The molecule has 20 heavy (non-hydrogen) atoms. The minimum atomic E-state index is -0.0455. The average molecular weight is 333 g/mol. The first-order valence-electron chi connectivity index (χ1n) is 7.15. The van der Waals surface area contributed by atoms with Crippen molar-refractivity contribution < 1.29 is 0 Å². The molecule has 1 saturated heterocycles. The van der Waals surface area contributed by atoms with E-state index in [0.29, 0.717) is 10.0 Å². The molecule has 0 aliphatic carbocycles. The molecule has 1 fully saturated rings. The van der Waals surface area contributed by atoms with E-state index in [0.717, 1.165) is 30.3 Å². The summed E-state index contributed by atoms with van der Waals surface area (Å²) in [7, 11) is 0. The van der Waals surface area contributed by atoms with E-state index in [1.54, 1.807) is 6.07 Å². The number of benzene rings is 1. The predicted molar refractivity (Wildman–Crippen MR) is 91.0 cm³/mol. The van der Waals surface area contributed by atoms with Gasteiger partial charge < -0.3 is 10.6 Å². The van der Waals surface area contributed by atoms with Crippen molar-refractivity contribution in [1.82, 2.24) is 4.90 Å². The fourth-order valence-electron chi connectivity index (χ4n) is 2.51. The van der Waals surface area contributed by atoms with E-state index >= 15 is 0 Å². The van der Waals surface area contributed by atoms with Gasteiger partial charge in [-0.15, -0.1) is 0 Å². The molecule has 1 aliphatic rings. The molecule has 0 amide bonds. The van der Waals surface area contributed by atoms with Crippen molar-refractivity contribution in [2.24, 2.45) is 5.73 Å². The minimum absolute atomic E-state index is 0.0455. The van der Waals surface area contributed by atoms with Gasteiger partial charge in [-0.3, -0.25) is 0 Å². The highest BCUT2D eigenvalue weighted by atomic mass is 35.5. The first kappa shape index (κ1) is 16.4. The number of thioether (sulfide) groups is 1. The van der Waals surface area contributed by atoms with Gasteiger partial charge in [-0.25, -0.2) is 0 Å². The van der Waals surface area contributed by atoms with Crippen molar-refractivity contribution >= 4 is 35.0 Å². The van der Waals surface area contributed by atoms with E-state index in [9.17, 15) is 0 Å². The third kappa shape index (κ3) is 4.28. The van der Waals surface area contributed by atoms with Crippen LogP contribution in [0.2, 0.25) is 10.0 Å². The highest BCUT2D eigenvalue weighted by Gasteiger charge is 2.20. The summed E-state index contributed by atoms with van der Waals surface area (Å²) in [5.41, 5.74) is 7.23. The van der Waals surface area contributed by atoms with Crippen molar-refractivity contribution in [3.63, 3.8) is 0 Å². The van der Waals surface area contributed by atoms with Crippen LogP contribution in [-0.4, -0.2) is 35.5 Å². The summed E-state index contributed by atoms with van der Waals surface area (Å²) in [6.07, 6.45) is 2.16. The SMILES string of the molecule is CCC1CN(CCC(N)c2cccc(Cl)c2Cl)CCS1. The quantitative estimate of drug-likeness (QED) is 0.875. The maximum atomic E-state index is 6.27. The fourth-order valence-corrected chi connectivity index (χ4v) is 4.21. The summed E-state index contributed by atoms with van der Waals surface area (Å²) < 4.78 is 0. The molecule has 5 heteroatoms. The maximum absolute atomic E-state index is 6.27. The normalized spacial score (nSPS) is 21.9. The summed E-state index contributed by atoms with van der Waals surface area (Å²) in [4.78, 5) is 2.52. The van der Waals surface area contributed by atoms with Gasteiger partial charge in [-0.1, -0.05) is 42.3 Å². The van der Waals surface area contributed by atoms with Crippen LogP contribution in [-0.2, 0) is 0 Å². The van der Waals surface area contributed by atoms with Gasteiger partial charge in [-0.2, -0.15) is 11.8 Å². The van der Waals surface area contributed by atoms with Crippen LogP contribution in [0.3, 0.4) is 0 Å². The second kappa shape index (κ2) is 7.90. The Kier molecular flexibility index (Phi) is 6.50. The zero-order valence-electron chi connectivity index (χ0n) is 11.8. The van der Waals surface area contributed by atoms with E-state index < -0.39 is 0 Å². The highest BCUT2D eigenvalue weighted by molar-refractivity contribution is 8.00. The monoisotopic (exact) mass is 332 g/mol. The lowest BCUT2D eigenvalue weighted by Gasteiger charge is -2.32. The molecule has 1 aromatic rings. The van der Waals surface area contributed by atoms with Crippen molar-refractivity contribution in [2.45, 2.75) is 31.1 Å². The molecule has 2 unspecified atom stereocenters. The van der Waals surface area contributed by atoms with Gasteiger partial charge in [0.15, 0.2) is 0 Å². The number of nitrogens with zero attached hydrogens (tertiary/aromatic N) is 1. The molecular weight excluding hydrogens is 311 g/mol. The third-order valence-electron chi connectivity index (χ3n) is 3.82. The molecule has 1 aromatic carbocycles. The first-order chi connectivity index (χ1) is 9.61. The first-order valence-corrected chi connectivity index (χ1v) is 8.95. The Labute approximate surface area is 136 Å². The molecule has 0 saturated carbocycles. The number of rotatable bonds is 5. The minimum Gasteiger partial charge on any atom is -0.324 e. The molecule has 2 nitrogen and oxygen atoms in total. The summed E-state index contributed by atoms with van der Waals surface area (Å²) >= 11 is 14.4. The second-order valence-electron chi connectivity index (χ2n) is 5.24. The Balaban J connectivity index is 1.88. The molecule has 2 N–H and O–H groups in total. The lowest BCUT2D eigenvalue weighted by atomic mass is 10.0. The number of hydrogen-bond acceptors (Lipinski definition) is 3. The van der Waals surface area contributed by atoms with Crippen LogP contribution in [0.15, 0.2) is 18.2 Å². The highest BCUT2D eigenvalue weighted by Crippen LogP contribution is 2.30. The van der Waals surface area contributed by atoms with E-state index in [1.165, 1.54) is 18.7 Å².